The molecule has 0 bridgehead atoms. The molecule has 192 valence electrons. The van der Waals surface area contributed by atoms with Gasteiger partial charge in [0, 0.05) is 11.6 Å². The van der Waals surface area contributed by atoms with Crippen molar-refractivity contribution in [3.05, 3.63) is 34.8 Å². The number of carbonyl (C=O) groups is 4. The van der Waals surface area contributed by atoms with Crippen molar-refractivity contribution >= 4 is 57.2 Å². The fourth-order valence-electron chi connectivity index (χ4n) is 2.86. The van der Waals surface area contributed by atoms with E-state index in [2.05, 4.69) is 20.6 Å². The molecule has 1 aliphatic rings. The number of ether oxygens (including phenoxy) is 2. The molecule has 0 aliphatic carbocycles. The van der Waals surface area contributed by atoms with Crippen LogP contribution in [0.3, 0.4) is 0 Å². The molecule has 0 saturated heterocycles. The number of nitrogens with zero attached hydrogens (tertiary/aromatic N) is 2. The van der Waals surface area contributed by atoms with Gasteiger partial charge in [-0.1, -0.05) is 23.1 Å². The van der Waals surface area contributed by atoms with Crippen LogP contribution in [0.5, 0.6) is 11.5 Å². The van der Waals surface area contributed by atoms with Gasteiger partial charge in [0.2, 0.25) is 0 Å². The molecule has 2 amide bonds. The number of aromatic nitrogens is 1. The molecule has 36 heavy (non-hydrogen) atoms. The van der Waals surface area contributed by atoms with Gasteiger partial charge >= 0.3 is 11.9 Å². The van der Waals surface area contributed by atoms with Crippen LogP contribution in [0, 0.1) is 0 Å². The number of carboxylic acid groups (broad SMARTS) is 2. The lowest BCUT2D eigenvalue weighted by molar-refractivity contribution is -0.136. The molecular formula is C22H24N4O8S2. The highest BCUT2D eigenvalue weighted by molar-refractivity contribution is 8.15. The number of hydrogen-bond donors (Lipinski definition) is 4. The average molecular weight is 537 g/mol. The van der Waals surface area contributed by atoms with Crippen molar-refractivity contribution in [1.29, 1.82) is 0 Å². The summed E-state index contributed by atoms with van der Waals surface area (Å²) in [6, 6.07) is 4.42. The number of rotatable bonds is 9. The molecule has 0 saturated carbocycles. The fraction of sp³-hybridized carbons (Fsp3) is 0.364. The van der Waals surface area contributed by atoms with Gasteiger partial charge in [-0.25, -0.2) is 9.78 Å². The van der Waals surface area contributed by atoms with Gasteiger partial charge in [-0.3, -0.25) is 24.7 Å². The number of anilines is 1. The van der Waals surface area contributed by atoms with Crippen molar-refractivity contribution < 1.29 is 38.9 Å². The van der Waals surface area contributed by atoms with Gasteiger partial charge in [-0.05, 0) is 39.8 Å². The molecule has 14 heteroatoms. The molecule has 1 aromatic carbocycles. The number of aromatic carboxylic acids is 1. The molecule has 12 nitrogen and oxygen atoms in total. The second kappa shape index (κ2) is 11.0. The Morgan fingerprint density at radius 2 is 1.81 bits per heavy atom. The van der Waals surface area contributed by atoms with Crippen molar-refractivity contribution in [2.75, 3.05) is 11.9 Å². The summed E-state index contributed by atoms with van der Waals surface area (Å²) in [6.07, 6.45) is 0.923. The molecule has 1 aliphatic heterocycles. The first-order chi connectivity index (χ1) is 16.8. The first-order valence-corrected chi connectivity index (χ1v) is 12.3. The van der Waals surface area contributed by atoms with Crippen LogP contribution in [-0.4, -0.2) is 67.6 Å². The van der Waals surface area contributed by atoms with Crippen molar-refractivity contribution in [2.45, 2.75) is 44.6 Å². The second-order valence-electron chi connectivity index (χ2n) is 8.31. The van der Waals surface area contributed by atoms with E-state index in [1.54, 1.807) is 13.8 Å². The van der Waals surface area contributed by atoms with Crippen LogP contribution in [0.4, 0.5) is 5.13 Å². The lowest BCUT2D eigenvalue weighted by Crippen LogP contribution is -2.48. The van der Waals surface area contributed by atoms with Gasteiger partial charge in [0.25, 0.3) is 11.8 Å². The average Bonchev–Trinajstić information content (AvgIpc) is 3.42. The minimum atomic E-state index is -1.43. The molecule has 1 aromatic heterocycles. The minimum absolute atomic E-state index is 0.0290. The van der Waals surface area contributed by atoms with E-state index in [0.29, 0.717) is 5.75 Å². The number of benzene rings is 1. The van der Waals surface area contributed by atoms with Gasteiger partial charge < -0.3 is 25.0 Å². The summed E-state index contributed by atoms with van der Waals surface area (Å²) in [5.74, 6) is -2.85. The first kappa shape index (κ1) is 26.9. The summed E-state index contributed by atoms with van der Waals surface area (Å²) in [5.41, 5.74) is -1.30. The number of hydrogen-bond acceptors (Lipinski definition) is 10. The summed E-state index contributed by atoms with van der Waals surface area (Å²) < 4.78 is 11.6. The van der Waals surface area contributed by atoms with Gasteiger partial charge in [-0.2, -0.15) is 0 Å². The molecule has 3 rings (SSSR count). The van der Waals surface area contributed by atoms with Crippen LogP contribution < -0.4 is 20.1 Å². The molecule has 0 radical (unpaired) electrons. The Morgan fingerprint density at radius 1 is 1.11 bits per heavy atom. The Morgan fingerprint density at radius 3 is 2.39 bits per heavy atom. The molecule has 1 atom stereocenters. The zero-order valence-electron chi connectivity index (χ0n) is 19.7. The number of aliphatic imine (C=N–C) groups is 1. The standard InChI is InChI=1S/C22H24N4O8S2/c1-10(2)33-12-5-11(16(27)25-20-23-8-14(35-20)17(28)29)6-13(7-12)34-22(3,4)19(32)26-21-24-9-15(36-21)18(30)31/h5-8,10,15H,9H2,1-4H3,(H,28,29)(H,30,31)(H,23,25,27)(H,24,26,32). The normalized spacial score (nSPS) is 15.2. The van der Waals surface area contributed by atoms with E-state index in [1.807, 2.05) is 0 Å². The number of carbonyl (C=O) groups excluding carboxylic acids is 2. The Bertz CT molecular complexity index is 1220. The molecule has 2 heterocycles. The molecule has 1 unspecified atom stereocenters. The van der Waals surface area contributed by atoms with Crippen molar-refractivity contribution in [2.24, 2.45) is 4.99 Å². The Hall–Kier alpha value is -3.65. The Labute approximate surface area is 214 Å². The number of carboxylic acids is 2. The summed E-state index contributed by atoms with van der Waals surface area (Å²) in [7, 11) is 0. The Kier molecular flexibility index (Phi) is 8.20. The maximum atomic E-state index is 12.9. The smallest absolute Gasteiger partial charge is 0.347 e. The summed E-state index contributed by atoms with van der Waals surface area (Å²) in [5, 5.41) is 22.8. The number of nitrogens with one attached hydrogen (secondary N) is 2. The Balaban J connectivity index is 1.78. The maximum Gasteiger partial charge on any atom is 0.347 e. The third-order valence-corrected chi connectivity index (χ3v) is 6.51. The monoisotopic (exact) mass is 536 g/mol. The van der Waals surface area contributed by atoms with Gasteiger partial charge in [0.15, 0.2) is 15.9 Å². The van der Waals surface area contributed by atoms with Gasteiger partial charge in [-0.15, -0.1) is 0 Å². The highest BCUT2D eigenvalue weighted by Crippen LogP contribution is 2.29. The van der Waals surface area contributed by atoms with E-state index >= 15 is 0 Å². The van der Waals surface area contributed by atoms with Crippen LogP contribution in [0.2, 0.25) is 0 Å². The van der Waals surface area contributed by atoms with E-state index in [1.165, 1.54) is 32.0 Å². The SMILES string of the molecule is CC(C)Oc1cc(OC(C)(C)C(=O)NC2=NCC(C(=O)O)S2)cc(C(=O)Nc2ncc(C(=O)O)s2)c1. The first-order valence-electron chi connectivity index (χ1n) is 10.6. The van der Waals surface area contributed by atoms with Crippen molar-refractivity contribution in [3.8, 4) is 11.5 Å². The predicted molar refractivity (Wildman–Crippen MR) is 133 cm³/mol. The van der Waals surface area contributed by atoms with E-state index in [4.69, 9.17) is 19.7 Å². The predicted octanol–water partition coefficient (Wildman–Crippen LogP) is 2.71. The van der Waals surface area contributed by atoms with Crippen LogP contribution in [-0.2, 0) is 9.59 Å². The minimum Gasteiger partial charge on any atom is -0.491 e. The summed E-state index contributed by atoms with van der Waals surface area (Å²) in [6.45, 7) is 6.68. The third-order valence-electron chi connectivity index (χ3n) is 4.52. The summed E-state index contributed by atoms with van der Waals surface area (Å²) in [4.78, 5) is 55.7. The van der Waals surface area contributed by atoms with Gasteiger partial charge in [0.1, 0.15) is 21.6 Å². The quantitative estimate of drug-likeness (QED) is 0.373. The summed E-state index contributed by atoms with van der Waals surface area (Å²) >= 11 is 1.74. The zero-order chi connectivity index (χ0) is 26.6. The fourth-order valence-corrected chi connectivity index (χ4v) is 4.33. The molecular weight excluding hydrogens is 512 g/mol. The number of amides is 2. The van der Waals surface area contributed by atoms with Crippen LogP contribution in [0.25, 0.3) is 0 Å². The van der Waals surface area contributed by atoms with E-state index in [9.17, 15) is 19.2 Å². The lowest BCUT2D eigenvalue weighted by Gasteiger charge is -2.26. The van der Waals surface area contributed by atoms with E-state index in [-0.39, 0.29) is 39.1 Å². The number of thioether (sulfide) groups is 1. The second-order valence-corrected chi connectivity index (χ2v) is 10.5. The van der Waals surface area contributed by atoms with Gasteiger partial charge in [0.05, 0.1) is 18.8 Å². The third kappa shape index (κ3) is 6.95. The van der Waals surface area contributed by atoms with Crippen molar-refractivity contribution in [1.82, 2.24) is 10.3 Å². The van der Waals surface area contributed by atoms with Crippen LogP contribution in [0.1, 0.15) is 47.7 Å². The van der Waals surface area contributed by atoms with E-state index in [0.717, 1.165) is 29.3 Å². The van der Waals surface area contributed by atoms with Crippen LogP contribution in [0.15, 0.2) is 29.4 Å². The highest BCUT2D eigenvalue weighted by Gasteiger charge is 2.34. The maximum absolute atomic E-state index is 12.9. The number of aliphatic carboxylic acids is 1. The molecule has 0 fully saturated rings. The number of amidine groups is 1. The molecule has 4 N–H and O–H groups in total. The number of thiazole rings is 1. The lowest BCUT2D eigenvalue weighted by atomic mass is 10.1. The largest absolute Gasteiger partial charge is 0.491 e. The van der Waals surface area contributed by atoms with E-state index < -0.39 is 34.6 Å². The zero-order valence-corrected chi connectivity index (χ0v) is 21.4. The topological polar surface area (TPSA) is 177 Å². The van der Waals surface area contributed by atoms with Crippen molar-refractivity contribution in [3.63, 3.8) is 0 Å². The van der Waals surface area contributed by atoms with Crippen LogP contribution >= 0.6 is 23.1 Å². The molecule has 0 spiro atoms. The molecule has 2 aromatic rings. The highest BCUT2D eigenvalue weighted by atomic mass is 32.2.